The predicted molar refractivity (Wildman–Crippen MR) is 109 cm³/mol. The standard InChI is InChI=1S/C24H25N2/c1-5-23(3)19-13-9-12-17-16-10-7-8-11-18(16)21-22(20(17)19)26(15-14-25-21)24(23,4)6-2/h7-15H,5-6H2,1-4H3/q+1. The Morgan fingerprint density at radius 2 is 1.62 bits per heavy atom. The minimum atomic E-state index is 0.0205. The molecule has 0 radical (unpaired) electrons. The monoisotopic (exact) mass is 341 g/mol. The molecule has 0 fully saturated rings. The van der Waals surface area contributed by atoms with Crippen LogP contribution in [-0.4, -0.2) is 4.98 Å². The minimum absolute atomic E-state index is 0.0205. The molecule has 0 aliphatic carbocycles. The van der Waals surface area contributed by atoms with Gasteiger partial charge in [0.15, 0.2) is 11.7 Å². The van der Waals surface area contributed by atoms with Crippen LogP contribution in [0.25, 0.3) is 32.6 Å². The zero-order chi connectivity index (χ0) is 18.1. The van der Waals surface area contributed by atoms with Gasteiger partial charge in [0.2, 0.25) is 5.52 Å². The van der Waals surface area contributed by atoms with Gasteiger partial charge in [0, 0.05) is 18.7 Å². The first-order valence-corrected chi connectivity index (χ1v) is 9.71. The molecular formula is C24H25N2+. The van der Waals surface area contributed by atoms with E-state index in [2.05, 4.69) is 80.9 Å². The molecule has 2 unspecified atom stereocenters. The van der Waals surface area contributed by atoms with Crippen molar-refractivity contribution in [3.05, 3.63) is 60.4 Å². The van der Waals surface area contributed by atoms with E-state index in [1.807, 2.05) is 6.20 Å². The summed E-state index contributed by atoms with van der Waals surface area (Å²) in [7, 11) is 0. The largest absolute Gasteiger partial charge is 0.243 e. The zero-order valence-electron chi connectivity index (χ0n) is 16.0. The third-order valence-corrected chi connectivity index (χ3v) is 7.37. The van der Waals surface area contributed by atoms with Gasteiger partial charge in [0.25, 0.3) is 0 Å². The lowest BCUT2D eigenvalue weighted by molar-refractivity contribution is -0.751. The van der Waals surface area contributed by atoms with E-state index in [9.17, 15) is 0 Å². The topological polar surface area (TPSA) is 16.8 Å². The van der Waals surface area contributed by atoms with Crippen LogP contribution < -0.4 is 4.57 Å². The van der Waals surface area contributed by atoms with Crippen molar-refractivity contribution in [2.24, 2.45) is 0 Å². The first-order chi connectivity index (χ1) is 12.6. The Morgan fingerprint density at radius 3 is 2.35 bits per heavy atom. The molecule has 2 heteroatoms. The molecule has 0 amide bonds. The summed E-state index contributed by atoms with van der Waals surface area (Å²) in [5, 5.41) is 5.30. The van der Waals surface area contributed by atoms with Crippen LogP contribution in [0.15, 0.2) is 54.9 Å². The van der Waals surface area contributed by atoms with Crippen molar-refractivity contribution < 1.29 is 4.57 Å². The third kappa shape index (κ3) is 1.59. The molecule has 0 saturated carbocycles. The molecule has 2 heterocycles. The van der Waals surface area contributed by atoms with Crippen molar-refractivity contribution >= 4 is 32.6 Å². The molecule has 5 rings (SSSR count). The van der Waals surface area contributed by atoms with E-state index in [4.69, 9.17) is 4.98 Å². The number of nitrogens with zero attached hydrogens (tertiary/aromatic N) is 2. The van der Waals surface area contributed by atoms with Crippen LogP contribution in [0.2, 0.25) is 0 Å². The van der Waals surface area contributed by atoms with Crippen molar-refractivity contribution in [1.29, 1.82) is 0 Å². The summed E-state index contributed by atoms with van der Waals surface area (Å²) in [5.74, 6) is 0. The van der Waals surface area contributed by atoms with E-state index in [1.54, 1.807) is 0 Å². The Balaban J connectivity index is 2.18. The molecular weight excluding hydrogens is 316 g/mol. The van der Waals surface area contributed by atoms with Gasteiger partial charge in [-0.1, -0.05) is 56.3 Å². The third-order valence-electron chi connectivity index (χ3n) is 7.37. The summed E-state index contributed by atoms with van der Waals surface area (Å²) >= 11 is 0. The lowest BCUT2D eigenvalue weighted by Crippen LogP contribution is -2.66. The van der Waals surface area contributed by atoms with Crippen molar-refractivity contribution in [2.45, 2.75) is 51.5 Å². The van der Waals surface area contributed by atoms with Crippen LogP contribution >= 0.6 is 0 Å². The van der Waals surface area contributed by atoms with Crippen molar-refractivity contribution in [2.75, 3.05) is 0 Å². The van der Waals surface area contributed by atoms with Crippen LogP contribution in [0.1, 0.15) is 46.1 Å². The lowest BCUT2D eigenvalue weighted by Gasteiger charge is -2.45. The molecule has 2 atom stereocenters. The van der Waals surface area contributed by atoms with E-state index in [-0.39, 0.29) is 11.0 Å². The maximum Gasteiger partial charge on any atom is 0.240 e. The quantitative estimate of drug-likeness (QED) is 0.341. The Bertz CT molecular complexity index is 1100. The molecule has 3 aromatic carbocycles. The van der Waals surface area contributed by atoms with E-state index in [1.165, 1.54) is 32.6 Å². The molecule has 4 aromatic rings. The normalized spacial score (nSPS) is 24.8. The van der Waals surface area contributed by atoms with Crippen LogP contribution in [0.5, 0.6) is 0 Å². The Labute approximate surface area is 154 Å². The van der Waals surface area contributed by atoms with Crippen molar-refractivity contribution in [3.63, 3.8) is 0 Å². The van der Waals surface area contributed by atoms with Crippen LogP contribution in [0, 0.1) is 0 Å². The second-order valence-electron chi connectivity index (χ2n) is 8.08. The lowest BCUT2D eigenvalue weighted by atomic mass is 9.61. The molecule has 0 spiro atoms. The fourth-order valence-corrected chi connectivity index (χ4v) is 5.38. The average molecular weight is 341 g/mol. The summed E-state index contributed by atoms with van der Waals surface area (Å²) in [6.07, 6.45) is 6.38. The summed E-state index contributed by atoms with van der Waals surface area (Å²) in [6, 6.07) is 15.6. The molecule has 1 aromatic heterocycles. The SMILES string of the molecule is CCC1(C)c2cccc3c4ccccc4c4ncc[n+](c4c23)C1(C)CC. The summed E-state index contributed by atoms with van der Waals surface area (Å²) in [4.78, 5) is 4.85. The summed E-state index contributed by atoms with van der Waals surface area (Å²) < 4.78 is 2.53. The highest BCUT2D eigenvalue weighted by atomic mass is 15.1. The maximum absolute atomic E-state index is 4.85. The first-order valence-electron chi connectivity index (χ1n) is 9.71. The average Bonchev–Trinajstić information content (AvgIpc) is 2.71. The second kappa shape index (κ2) is 5.03. The molecule has 130 valence electrons. The van der Waals surface area contributed by atoms with Gasteiger partial charge in [-0.2, -0.15) is 4.57 Å². The molecule has 0 bridgehead atoms. The molecule has 1 aliphatic heterocycles. The van der Waals surface area contributed by atoms with Gasteiger partial charge in [-0.05, 0) is 29.7 Å². The zero-order valence-corrected chi connectivity index (χ0v) is 16.0. The highest BCUT2D eigenvalue weighted by molar-refractivity contribution is 6.23. The number of rotatable bonds is 2. The van der Waals surface area contributed by atoms with Crippen molar-refractivity contribution in [1.82, 2.24) is 4.98 Å². The molecule has 26 heavy (non-hydrogen) atoms. The van der Waals surface area contributed by atoms with Gasteiger partial charge in [0.1, 0.15) is 5.52 Å². The highest BCUT2D eigenvalue weighted by Crippen LogP contribution is 2.50. The second-order valence-corrected chi connectivity index (χ2v) is 8.08. The predicted octanol–water partition coefficient (Wildman–Crippen LogP) is 5.64. The summed E-state index contributed by atoms with van der Waals surface area (Å²) in [6.45, 7) is 9.52. The van der Waals surface area contributed by atoms with E-state index < -0.39 is 0 Å². The summed E-state index contributed by atoms with van der Waals surface area (Å²) in [5.41, 5.74) is 4.00. The van der Waals surface area contributed by atoms with E-state index in [0.717, 1.165) is 18.4 Å². The smallest absolute Gasteiger partial charge is 0.240 e. The van der Waals surface area contributed by atoms with E-state index in [0.29, 0.717) is 0 Å². The van der Waals surface area contributed by atoms with E-state index >= 15 is 0 Å². The van der Waals surface area contributed by atoms with Crippen molar-refractivity contribution in [3.8, 4) is 0 Å². The van der Waals surface area contributed by atoms with Gasteiger partial charge < -0.3 is 0 Å². The number of aromatic nitrogens is 2. The van der Waals surface area contributed by atoms with Crippen LogP contribution in [0.3, 0.4) is 0 Å². The number of benzene rings is 3. The molecule has 1 aliphatic rings. The Hall–Kier alpha value is -2.48. The van der Waals surface area contributed by atoms with Gasteiger partial charge >= 0.3 is 0 Å². The van der Waals surface area contributed by atoms with Gasteiger partial charge in [-0.25, -0.2) is 4.98 Å². The van der Waals surface area contributed by atoms with Gasteiger partial charge in [0.05, 0.1) is 17.0 Å². The maximum atomic E-state index is 4.85. The minimum Gasteiger partial charge on any atom is -0.243 e. The highest BCUT2D eigenvalue weighted by Gasteiger charge is 2.55. The van der Waals surface area contributed by atoms with Crippen LogP contribution in [-0.2, 0) is 11.0 Å². The van der Waals surface area contributed by atoms with Gasteiger partial charge in [-0.3, -0.25) is 0 Å². The fourth-order valence-electron chi connectivity index (χ4n) is 5.38. The van der Waals surface area contributed by atoms with Crippen LogP contribution in [0.4, 0.5) is 0 Å². The first kappa shape index (κ1) is 15.7. The fraction of sp³-hybridized carbons (Fsp3) is 0.333. The van der Waals surface area contributed by atoms with Gasteiger partial charge in [-0.15, -0.1) is 0 Å². The Kier molecular flexibility index (Phi) is 3.05. The number of hydrogen-bond acceptors (Lipinski definition) is 1. The molecule has 0 N–H and O–H groups in total. The molecule has 2 nitrogen and oxygen atoms in total. The number of hydrogen-bond donors (Lipinski definition) is 0. The number of fused-ring (bicyclic) bond motifs is 3. The molecule has 0 saturated heterocycles. The Morgan fingerprint density at radius 1 is 0.885 bits per heavy atom.